The number of rotatable bonds is 4. The Labute approximate surface area is 94.7 Å². The molecule has 0 fully saturated rings. The molecule has 0 aliphatic rings. The first-order chi connectivity index (χ1) is 7.63. The number of halogens is 1. The number of carbonyl (C=O) groups is 1. The molecule has 3 heteroatoms. The molecular formula is C13H15FO2. The topological polar surface area (TPSA) is 26.3 Å². The summed E-state index contributed by atoms with van der Waals surface area (Å²) in [5, 5.41) is 0. The van der Waals surface area contributed by atoms with Crippen LogP contribution in [0.3, 0.4) is 0 Å². The lowest BCUT2D eigenvalue weighted by Crippen LogP contribution is -2.01. The minimum absolute atomic E-state index is 0.241. The summed E-state index contributed by atoms with van der Waals surface area (Å²) in [6.07, 6.45) is 3.76. The molecule has 2 nitrogen and oxygen atoms in total. The van der Waals surface area contributed by atoms with E-state index in [1.165, 1.54) is 12.1 Å². The zero-order chi connectivity index (χ0) is 12.0. The largest absolute Gasteiger partial charge is 0.466 e. The van der Waals surface area contributed by atoms with Crippen LogP contribution < -0.4 is 0 Å². The van der Waals surface area contributed by atoms with Gasteiger partial charge in [-0.25, -0.2) is 4.39 Å². The number of aryl methyl sites for hydroxylation is 1. The Hall–Kier alpha value is -1.64. The number of carbonyl (C=O) groups excluding carboxylic acids is 1. The zero-order valence-corrected chi connectivity index (χ0v) is 9.50. The molecule has 0 aliphatic heterocycles. The van der Waals surface area contributed by atoms with Gasteiger partial charge >= 0.3 is 5.97 Å². The molecule has 86 valence electrons. The SMILES string of the molecule is CCOC(=O)CC=Cc1ccc(F)cc1C. The molecule has 0 saturated heterocycles. The maximum atomic E-state index is 12.8. The summed E-state index contributed by atoms with van der Waals surface area (Å²) in [5.74, 6) is -0.501. The second-order valence-electron chi connectivity index (χ2n) is 3.41. The molecular weight excluding hydrogens is 207 g/mol. The van der Waals surface area contributed by atoms with Gasteiger partial charge in [-0.15, -0.1) is 0 Å². The lowest BCUT2D eigenvalue weighted by Gasteiger charge is -2.00. The van der Waals surface area contributed by atoms with Gasteiger partial charge in [-0.1, -0.05) is 18.2 Å². The third-order valence-corrected chi connectivity index (χ3v) is 2.12. The predicted octanol–water partition coefficient (Wildman–Crippen LogP) is 3.10. The van der Waals surface area contributed by atoms with Crippen molar-refractivity contribution in [2.45, 2.75) is 20.3 Å². The van der Waals surface area contributed by atoms with Crippen LogP contribution in [0, 0.1) is 12.7 Å². The Balaban J connectivity index is 2.59. The Kier molecular flexibility index (Phi) is 4.70. The number of benzene rings is 1. The maximum Gasteiger partial charge on any atom is 0.309 e. The first kappa shape index (κ1) is 12.4. The van der Waals surface area contributed by atoms with Gasteiger partial charge in [0.2, 0.25) is 0 Å². The number of hydrogen-bond acceptors (Lipinski definition) is 2. The van der Waals surface area contributed by atoms with E-state index in [-0.39, 0.29) is 18.2 Å². The van der Waals surface area contributed by atoms with Crippen LogP contribution in [0.15, 0.2) is 24.3 Å². The first-order valence-corrected chi connectivity index (χ1v) is 5.21. The van der Waals surface area contributed by atoms with Crippen LogP contribution in [0.25, 0.3) is 6.08 Å². The van der Waals surface area contributed by atoms with Crippen LogP contribution in [-0.2, 0) is 9.53 Å². The number of esters is 1. The highest BCUT2D eigenvalue weighted by atomic mass is 19.1. The van der Waals surface area contributed by atoms with Gasteiger partial charge < -0.3 is 4.74 Å². The molecule has 0 N–H and O–H groups in total. The maximum absolute atomic E-state index is 12.8. The average Bonchev–Trinajstić information content (AvgIpc) is 2.22. The molecule has 1 aromatic carbocycles. The summed E-state index contributed by atoms with van der Waals surface area (Å²) in [6, 6.07) is 4.55. The van der Waals surface area contributed by atoms with Gasteiger partial charge in [0.1, 0.15) is 5.82 Å². The first-order valence-electron chi connectivity index (χ1n) is 5.21. The van der Waals surface area contributed by atoms with Crippen molar-refractivity contribution >= 4 is 12.0 Å². The minimum atomic E-state index is -0.251. The summed E-state index contributed by atoms with van der Waals surface area (Å²) < 4.78 is 17.6. The lowest BCUT2D eigenvalue weighted by molar-refractivity contribution is -0.142. The lowest BCUT2D eigenvalue weighted by atomic mass is 10.1. The van der Waals surface area contributed by atoms with Gasteiger partial charge in [0.25, 0.3) is 0 Å². The molecule has 0 heterocycles. The van der Waals surface area contributed by atoms with Gasteiger partial charge in [-0.05, 0) is 37.1 Å². The van der Waals surface area contributed by atoms with Crippen LogP contribution in [0.2, 0.25) is 0 Å². The zero-order valence-electron chi connectivity index (χ0n) is 9.50. The molecule has 0 radical (unpaired) electrons. The van der Waals surface area contributed by atoms with Crippen molar-refractivity contribution in [1.82, 2.24) is 0 Å². The fourth-order valence-electron chi connectivity index (χ4n) is 1.33. The third-order valence-electron chi connectivity index (χ3n) is 2.12. The highest BCUT2D eigenvalue weighted by molar-refractivity contribution is 5.72. The molecule has 0 aromatic heterocycles. The summed E-state index contributed by atoms with van der Waals surface area (Å²) in [7, 11) is 0. The van der Waals surface area contributed by atoms with E-state index in [1.807, 2.05) is 6.92 Å². The van der Waals surface area contributed by atoms with Crippen LogP contribution in [0.1, 0.15) is 24.5 Å². The Morgan fingerprint density at radius 1 is 1.50 bits per heavy atom. The van der Waals surface area contributed by atoms with Crippen LogP contribution >= 0.6 is 0 Å². The summed E-state index contributed by atoms with van der Waals surface area (Å²) in [5.41, 5.74) is 1.76. The molecule has 1 aromatic rings. The Morgan fingerprint density at radius 3 is 2.88 bits per heavy atom. The Morgan fingerprint density at radius 2 is 2.25 bits per heavy atom. The highest BCUT2D eigenvalue weighted by Crippen LogP contribution is 2.12. The van der Waals surface area contributed by atoms with Crippen molar-refractivity contribution in [2.75, 3.05) is 6.61 Å². The van der Waals surface area contributed by atoms with Crippen molar-refractivity contribution < 1.29 is 13.9 Å². The van der Waals surface area contributed by atoms with Crippen LogP contribution in [0.5, 0.6) is 0 Å². The monoisotopic (exact) mass is 222 g/mol. The van der Waals surface area contributed by atoms with E-state index in [0.717, 1.165) is 11.1 Å². The van der Waals surface area contributed by atoms with Gasteiger partial charge in [0, 0.05) is 0 Å². The van der Waals surface area contributed by atoms with E-state index in [1.54, 1.807) is 25.1 Å². The fourth-order valence-corrected chi connectivity index (χ4v) is 1.33. The summed E-state index contributed by atoms with van der Waals surface area (Å²) >= 11 is 0. The van der Waals surface area contributed by atoms with E-state index in [9.17, 15) is 9.18 Å². The molecule has 16 heavy (non-hydrogen) atoms. The smallest absolute Gasteiger partial charge is 0.309 e. The van der Waals surface area contributed by atoms with Crippen molar-refractivity contribution in [3.63, 3.8) is 0 Å². The van der Waals surface area contributed by atoms with E-state index >= 15 is 0 Å². The van der Waals surface area contributed by atoms with E-state index < -0.39 is 0 Å². The molecule has 0 saturated carbocycles. The molecule has 0 aliphatic carbocycles. The van der Waals surface area contributed by atoms with Crippen molar-refractivity contribution in [1.29, 1.82) is 0 Å². The summed E-state index contributed by atoms with van der Waals surface area (Å²) in [6.45, 7) is 3.99. The van der Waals surface area contributed by atoms with E-state index in [2.05, 4.69) is 0 Å². The molecule has 0 atom stereocenters. The standard InChI is InChI=1S/C13H15FO2/c1-3-16-13(15)6-4-5-11-7-8-12(14)9-10(11)2/h4-5,7-9H,3,6H2,1-2H3. The molecule has 0 unspecified atom stereocenters. The van der Waals surface area contributed by atoms with Crippen molar-refractivity contribution in [3.8, 4) is 0 Å². The molecule has 0 bridgehead atoms. The van der Waals surface area contributed by atoms with E-state index in [4.69, 9.17) is 4.74 Å². The Bertz CT molecular complexity index is 397. The second-order valence-corrected chi connectivity index (χ2v) is 3.41. The summed E-state index contributed by atoms with van der Waals surface area (Å²) in [4.78, 5) is 11.0. The fraction of sp³-hybridized carbons (Fsp3) is 0.308. The quantitative estimate of drug-likeness (QED) is 0.732. The highest BCUT2D eigenvalue weighted by Gasteiger charge is 1.98. The van der Waals surface area contributed by atoms with Crippen LogP contribution in [0.4, 0.5) is 4.39 Å². The predicted molar refractivity (Wildman–Crippen MR) is 61.4 cm³/mol. The van der Waals surface area contributed by atoms with Gasteiger partial charge in [0.05, 0.1) is 13.0 Å². The second kappa shape index (κ2) is 6.05. The minimum Gasteiger partial charge on any atom is -0.466 e. The third kappa shape index (κ3) is 3.85. The average molecular weight is 222 g/mol. The molecule has 1 rings (SSSR count). The van der Waals surface area contributed by atoms with Gasteiger partial charge in [0.15, 0.2) is 0 Å². The van der Waals surface area contributed by atoms with Gasteiger partial charge in [-0.3, -0.25) is 4.79 Å². The van der Waals surface area contributed by atoms with Gasteiger partial charge in [-0.2, -0.15) is 0 Å². The number of hydrogen-bond donors (Lipinski definition) is 0. The van der Waals surface area contributed by atoms with Crippen molar-refractivity contribution in [3.05, 3.63) is 41.2 Å². The molecule has 0 spiro atoms. The van der Waals surface area contributed by atoms with Crippen LogP contribution in [-0.4, -0.2) is 12.6 Å². The van der Waals surface area contributed by atoms with Crippen molar-refractivity contribution in [2.24, 2.45) is 0 Å². The van der Waals surface area contributed by atoms with E-state index in [0.29, 0.717) is 6.61 Å². The molecule has 0 amide bonds. The normalized spacial score (nSPS) is 10.7. The number of ether oxygens (including phenoxy) is 1.